The van der Waals surface area contributed by atoms with Gasteiger partial charge in [-0.25, -0.2) is 8.42 Å². The van der Waals surface area contributed by atoms with E-state index in [0.29, 0.717) is 5.92 Å². The Morgan fingerprint density at radius 2 is 1.79 bits per heavy atom. The molecule has 3 fully saturated rings. The van der Waals surface area contributed by atoms with Crippen molar-refractivity contribution in [2.75, 3.05) is 31.1 Å². The lowest BCUT2D eigenvalue weighted by Gasteiger charge is -2.36. The molecule has 0 aromatic carbocycles. The number of aliphatic hydroxyl groups is 1. The van der Waals surface area contributed by atoms with Crippen LogP contribution < -0.4 is 5.32 Å². The average Bonchev–Trinajstić information content (AvgIpc) is 3.13. The SMILES string of the molecule is O=S1(=O)CC(O)C(N2CCC(CNC3CC3)CC2)C1. The summed E-state index contributed by atoms with van der Waals surface area (Å²) in [5.74, 6) is 0.798. The lowest BCUT2D eigenvalue weighted by atomic mass is 9.95. The molecule has 0 aromatic heterocycles. The van der Waals surface area contributed by atoms with Gasteiger partial charge in [0.1, 0.15) is 0 Å². The topological polar surface area (TPSA) is 69.6 Å². The number of likely N-dealkylation sites (tertiary alicyclic amines) is 1. The molecule has 5 nitrogen and oxygen atoms in total. The quantitative estimate of drug-likeness (QED) is 0.737. The number of rotatable bonds is 4. The van der Waals surface area contributed by atoms with Gasteiger partial charge >= 0.3 is 0 Å². The number of aliphatic hydroxyl groups excluding tert-OH is 1. The summed E-state index contributed by atoms with van der Waals surface area (Å²) in [5.41, 5.74) is 0. The molecule has 0 aromatic rings. The third-order valence-electron chi connectivity index (χ3n) is 4.68. The van der Waals surface area contributed by atoms with Gasteiger partial charge in [0.15, 0.2) is 9.84 Å². The number of nitrogens with one attached hydrogen (secondary N) is 1. The molecule has 0 bridgehead atoms. The smallest absolute Gasteiger partial charge is 0.154 e. The maximum absolute atomic E-state index is 11.5. The maximum atomic E-state index is 11.5. The minimum absolute atomic E-state index is 0.0547. The van der Waals surface area contributed by atoms with Crippen LogP contribution in [0.15, 0.2) is 0 Å². The first-order chi connectivity index (χ1) is 9.03. The van der Waals surface area contributed by atoms with Crippen LogP contribution in [0.1, 0.15) is 25.7 Å². The van der Waals surface area contributed by atoms with Crippen molar-refractivity contribution in [2.45, 2.75) is 43.9 Å². The minimum atomic E-state index is -3.02. The number of sulfone groups is 1. The van der Waals surface area contributed by atoms with Gasteiger partial charge in [-0.2, -0.15) is 0 Å². The first-order valence-corrected chi connectivity index (χ1v) is 9.21. The summed E-state index contributed by atoms with van der Waals surface area (Å²) in [4.78, 5) is 2.18. The van der Waals surface area contributed by atoms with Crippen molar-refractivity contribution < 1.29 is 13.5 Å². The second-order valence-electron chi connectivity index (χ2n) is 6.37. The fraction of sp³-hybridized carbons (Fsp3) is 1.00. The van der Waals surface area contributed by atoms with E-state index in [1.54, 1.807) is 0 Å². The van der Waals surface area contributed by atoms with Crippen LogP contribution in [0.2, 0.25) is 0 Å². The monoisotopic (exact) mass is 288 g/mol. The molecule has 1 saturated carbocycles. The molecular weight excluding hydrogens is 264 g/mol. The summed E-state index contributed by atoms with van der Waals surface area (Å²) >= 11 is 0. The zero-order valence-electron chi connectivity index (χ0n) is 11.3. The van der Waals surface area contributed by atoms with E-state index in [1.807, 2.05) is 0 Å². The fourth-order valence-corrected chi connectivity index (χ4v) is 5.10. The number of hydrogen-bond acceptors (Lipinski definition) is 5. The van der Waals surface area contributed by atoms with Gasteiger partial charge in [-0.15, -0.1) is 0 Å². The number of hydrogen-bond donors (Lipinski definition) is 2. The second kappa shape index (κ2) is 5.31. The fourth-order valence-electron chi connectivity index (χ4n) is 3.27. The third-order valence-corrected chi connectivity index (χ3v) is 6.38. The van der Waals surface area contributed by atoms with Gasteiger partial charge in [-0.3, -0.25) is 4.90 Å². The van der Waals surface area contributed by atoms with Crippen LogP contribution in [0.4, 0.5) is 0 Å². The van der Waals surface area contributed by atoms with Gasteiger partial charge in [0, 0.05) is 6.04 Å². The van der Waals surface area contributed by atoms with Crippen molar-refractivity contribution in [1.82, 2.24) is 10.2 Å². The molecule has 2 atom stereocenters. The van der Waals surface area contributed by atoms with Crippen LogP contribution in [0, 0.1) is 5.92 Å². The molecular formula is C13H24N2O3S. The second-order valence-corrected chi connectivity index (χ2v) is 8.53. The van der Waals surface area contributed by atoms with Crippen molar-refractivity contribution in [3.63, 3.8) is 0 Å². The Hall–Kier alpha value is -0.170. The molecule has 6 heteroatoms. The molecule has 0 spiro atoms. The van der Waals surface area contributed by atoms with E-state index in [4.69, 9.17) is 0 Å². The van der Waals surface area contributed by atoms with Gasteiger partial charge in [0.05, 0.1) is 23.7 Å². The Balaban J connectivity index is 1.46. The van der Waals surface area contributed by atoms with Crippen LogP contribution >= 0.6 is 0 Å². The van der Waals surface area contributed by atoms with E-state index in [2.05, 4.69) is 10.2 Å². The van der Waals surface area contributed by atoms with Crippen LogP contribution in [0.25, 0.3) is 0 Å². The van der Waals surface area contributed by atoms with E-state index >= 15 is 0 Å². The zero-order valence-corrected chi connectivity index (χ0v) is 12.1. The van der Waals surface area contributed by atoms with E-state index in [0.717, 1.165) is 38.5 Å². The standard InChI is InChI=1S/C13H24N2O3S/c16-13-9-19(17,18)8-12(13)15-5-3-10(4-6-15)7-14-11-1-2-11/h10-14,16H,1-9H2. The molecule has 2 N–H and O–H groups in total. The molecule has 2 unspecified atom stereocenters. The first-order valence-electron chi connectivity index (χ1n) is 7.39. The summed E-state index contributed by atoms with van der Waals surface area (Å²) in [5, 5.41) is 13.5. The molecule has 2 aliphatic heterocycles. The van der Waals surface area contributed by atoms with Crippen molar-refractivity contribution >= 4 is 9.84 Å². The van der Waals surface area contributed by atoms with Crippen molar-refractivity contribution in [3.8, 4) is 0 Å². The summed E-state index contributed by atoms with van der Waals surface area (Å²) in [6, 6.07) is 0.599. The Morgan fingerprint density at radius 3 is 2.32 bits per heavy atom. The highest BCUT2D eigenvalue weighted by Crippen LogP contribution is 2.25. The number of nitrogens with zero attached hydrogens (tertiary/aromatic N) is 1. The van der Waals surface area contributed by atoms with Gasteiger partial charge in [-0.1, -0.05) is 0 Å². The summed E-state index contributed by atoms with van der Waals surface area (Å²) < 4.78 is 23.1. The lowest BCUT2D eigenvalue weighted by Crippen LogP contribution is -2.48. The molecule has 1 aliphatic carbocycles. The Kier molecular flexibility index (Phi) is 3.86. The zero-order chi connectivity index (χ0) is 13.5. The Morgan fingerprint density at radius 1 is 1.11 bits per heavy atom. The van der Waals surface area contributed by atoms with E-state index in [-0.39, 0.29) is 17.5 Å². The van der Waals surface area contributed by atoms with Crippen molar-refractivity contribution in [3.05, 3.63) is 0 Å². The summed E-state index contributed by atoms with van der Waals surface area (Å²) in [7, 11) is -3.02. The first kappa shape index (κ1) is 13.8. The molecule has 0 radical (unpaired) electrons. The predicted octanol–water partition coefficient (Wildman–Crippen LogP) is -0.392. The Labute approximate surface area is 115 Å². The van der Waals surface area contributed by atoms with Gasteiger partial charge < -0.3 is 10.4 Å². The minimum Gasteiger partial charge on any atom is -0.390 e. The Bertz CT molecular complexity index is 414. The molecule has 3 rings (SSSR count). The van der Waals surface area contributed by atoms with Gasteiger partial charge in [0.25, 0.3) is 0 Å². The molecule has 0 amide bonds. The van der Waals surface area contributed by atoms with E-state index < -0.39 is 15.9 Å². The van der Waals surface area contributed by atoms with Crippen LogP contribution in [0.3, 0.4) is 0 Å². The highest BCUT2D eigenvalue weighted by Gasteiger charge is 2.40. The molecule has 110 valence electrons. The van der Waals surface area contributed by atoms with E-state index in [1.165, 1.54) is 12.8 Å². The summed E-state index contributed by atoms with van der Waals surface area (Å²) in [6.45, 7) is 2.95. The molecule has 2 heterocycles. The van der Waals surface area contributed by atoms with Gasteiger partial charge in [0.2, 0.25) is 0 Å². The summed E-state index contributed by atoms with van der Waals surface area (Å²) in [6.07, 6.45) is 4.19. The van der Waals surface area contributed by atoms with E-state index in [9.17, 15) is 13.5 Å². The van der Waals surface area contributed by atoms with Crippen LogP contribution in [0.5, 0.6) is 0 Å². The highest BCUT2D eigenvalue weighted by molar-refractivity contribution is 7.91. The van der Waals surface area contributed by atoms with Crippen LogP contribution in [-0.4, -0.2) is 67.8 Å². The average molecular weight is 288 g/mol. The van der Waals surface area contributed by atoms with Crippen molar-refractivity contribution in [1.29, 1.82) is 0 Å². The van der Waals surface area contributed by atoms with Crippen molar-refractivity contribution in [2.24, 2.45) is 5.92 Å². The predicted molar refractivity (Wildman–Crippen MR) is 73.8 cm³/mol. The molecule has 19 heavy (non-hydrogen) atoms. The molecule has 3 aliphatic rings. The molecule has 2 saturated heterocycles. The number of piperidine rings is 1. The van der Waals surface area contributed by atoms with Crippen LogP contribution in [-0.2, 0) is 9.84 Å². The largest absolute Gasteiger partial charge is 0.390 e. The maximum Gasteiger partial charge on any atom is 0.154 e. The highest BCUT2D eigenvalue weighted by atomic mass is 32.2. The third kappa shape index (κ3) is 3.48. The normalized spacial score (nSPS) is 36.7. The lowest BCUT2D eigenvalue weighted by molar-refractivity contribution is 0.0587. The van der Waals surface area contributed by atoms with Gasteiger partial charge in [-0.05, 0) is 51.2 Å².